The molecular weight excluding hydrogens is 336 g/mol. The number of hydrogen-bond donors (Lipinski definition) is 6. The lowest BCUT2D eigenvalue weighted by Crippen LogP contribution is -2.49. The number of carbonyl (C=O) groups is 3. The monoisotopic (exact) mass is 364 g/mol. The highest BCUT2D eigenvalue weighted by Gasteiger charge is 2.31. The summed E-state index contributed by atoms with van der Waals surface area (Å²) in [5, 5.41) is 39.3. The highest BCUT2D eigenvalue weighted by atomic mass is 16.5. The average molecular weight is 364 g/mol. The molecule has 25 heavy (non-hydrogen) atoms. The third kappa shape index (κ3) is 8.36. The molecule has 0 spiro atoms. The van der Waals surface area contributed by atoms with Crippen LogP contribution in [-0.4, -0.2) is 81.7 Å². The van der Waals surface area contributed by atoms with Crippen LogP contribution in [0, 0.1) is 5.92 Å². The molecule has 0 aromatic heterocycles. The Balaban J connectivity index is 4.73. The van der Waals surface area contributed by atoms with Gasteiger partial charge in [-0.3, -0.25) is 9.59 Å². The molecule has 0 rings (SSSR count). The van der Waals surface area contributed by atoms with E-state index in [4.69, 9.17) is 15.6 Å². The SMILES string of the molecule is CC(C)C[C@H](NC(=O)[C@H](C)N)C(=O)OCC(=O)[C@@H](O)[C@H](O)[C@H](O)CO. The summed E-state index contributed by atoms with van der Waals surface area (Å²) >= 11 is 0. The summed E-state index contributed by atoms with van der Waals surface area (Å²) in [6, 6.07) is -1.85. The topological polar surface area (TPSA) is 179 Å². The fraction of sp³-hybridized carbons (Fsp3) is 0.800. The fourth-order valence-electron chi connectivity index (χ4n) is 1.83. The molecule has 7 N–H and O–H groups in total. The number of carbonyl (C=O) groups excluding carboxylic acids is 3. The molecule has 0 radical (unpaired) electrons. The second kappa shape index (κ2) is 11.1. The summed E-state index contributed by atoms with van der Waals surface area (Å²) in [5.74, 6) is -2.47. The second-order valence-corrected chi connectivity index (χ2v) is 6.24. The number of hydrogen-bond acceptors (Lipinski definition) is 9. The van der Waals surface area contributed by atoms with E-state index in [0.717, 1.165) is 0 Å². The molecule has 0 aliphatic heterocycles. The van der Waals surface area contributed by atoms with Gasteiger partial charge in [-0.15, -0.1) is 0 Å². The Bertz CT molecular complexity index is 455. The molecule has 0 saturated carbocycles. The number of nitrogens with two attached hydrogens (primary N) is 1. The van der Waals surface area contributed by atoms with Gasteiger partial charge in [0.1, 0.15) is 24.4 Å². The van der Waals surface area contributed by atoms with Gasteiger partial charge < -0.3 is 36.2 Å². The van der Waals surface area contributed by atoms with Gasteiger partial charge in [-0.2, -0.15) is 0 Å². The molecule has 0 aromatic rings. The molecule has 10 heteroatoms. The molecule has 0 unspecified atom stereocenters. The zero-order valence-electron chi connectivity index (χ0n) is 14.6. The summed E-state index contributed by atoms with van der Waals surface area (Å²) in [6.07, 6.45) is -5.41. The Hall–Kier alpha value is -1.59. The van der Waals surface area contributed by atoms with Gasteiger partial charge in [-0.1, -0.05) is 13.8 Å². The lowest BCUT2D eigenvalue weighted by Gasteiger charge is -2.22. The summed E-state index contributed by atoms with van der Waals surface area (Å²) in [6.45, 7) is 3.36. The van der Waals surface area contributed by atoms with E-state index in [1.165, 1.54) is 6.92 Å². The minimum atomic E-state index is -2.03. The number of ether oxygens (including phenoxy) is 1. The molecule has 0 heterocycles. The van der Waals surface area contributed by atoms with E-state index in [0.29, 0.717) is 0 Å². The van der Waals surface area contributed by atoms with Gasteiger partial charge in [-0.25, -0.2) is 4.79 Å². The summed E-state index contributed by atoms with van der Waals surface area (Å²) in [4.78, 5) is 35.4. The van der Waals surface area contributed by atoms with Crippen molar-refractivity contribution in [3.63, 3.8) is 0 Å². The van der Waals surface area contributed by atoms with Gasteiger partial charge in [0.15, 0.2) is 6.61 Å². The largest absolute Gasteiger partial charge is 0.456 e. The maximum Gasteiger partial charge on any atom is 0.329 e. The van der Waals surface area contributed by atoms with Gasteiger partial charge in [0.2, 0.25) is 11.7 Å². The van der Waals surface area contributed by atoms with E-state index >= 15 is 0 Å². The van der Waals surface area contributed by atoms with E-state index in [1.807, 2.05) is 13.8 Å². The zero-order valence-corrected chi connectivity index (χ0v) is 14.6. The van der Waals surface area contributed by atoms with Crippen LogP contribution in [0.15, 0.2) is 0 Å². The normalized spacial score (nSPS) is 17.3. The number of ketones is 1. The van der Waals surface area contributed by atoms with Crippen molar-refractivity contribution in [2.24, 2.45) is 11.7 Å². The number of Topliss-reactive ketones (excluding diaryl/α,β-unsaturated/α-hetero) is 1. The van der Waals surface area contributed by atoms with Crippen LogP contribution in [0.5, 0.6) is 0 Å². The molecule has 0 fully saturated rings. The number of aliphatic hydroxyl groups excluding tert-OH is 4. The van der Waals surface area contributed by atoms with E-state index in [2.05, 4.69) is 5.32 Å². The first-order chi connectivity index (χ1) is 11.5. The number of amides is 1. The first-order valence-electron chi connectivity index (χ1n) is 7.91. The van der Waals surface area contributed by atoms with E-state index < -0.39 is 61.3 Å². The smallest absolute Gasteiger partial charge is 0.329 e. The van der Waals surface area contributed by atoms with Crippen molar-refractivity contribution in [3.05, 3.63) is 0 Å². The minimum Gasteiger partial charge on any atom is -0.456 e. The van der Waals surface area contributed by atoms with Crippen LogP contribution in [-0.2, 0) is 19.1 Å². The molecule has 0 aliphatic carbocycles. The second-order valence-electron chi connectivity index (χ2n) is 6.24. The first kappa shape index (κ1) is 23.4. The van der Waals surface area contributed by atoms with E-state index in [-0.39, 0.29) is 12.3 Å². The Labute approximate surface area is 146 Å². The first-order valence-corrected chi connectivity index (χ1v) is 7.91. The zero-order chi connectivity index (χ0) is 19.7. The van der Waals surface area contributed by atoms with Gasteiger partial charge in [0.25, 0.3) is 0 Å². The van der Waals surface area contributed by atoms with Crippen LogP contribution in [0.2, 0.25) is 0 Å². The lowest BCUT2D eigenvalue weighted by molar-refractivity contribution is -0.157. The van der Waals surface area contributed by atoms with Gasteiger partial charge in [-0.05, 0) is 19.3 Å². The van der Waals surface area contributed by atoms with Crippen LogP contribution in [0.4, 0.5) is 0 Å². The molecule has 146 valence electrons. The molecule has 10 nitrogen and oxygen atoms in total. The van der Waals surface area contributed by atoms with Crippen molar-refractivity contribution >= 4 is 17.7 Å². The Morgan fingerprint density at radius 3 is 2.12 bits per heavy atom. The van der Waals surface area contributed by atoms with E-state index in [9.17, 15) is 29.7 Å². The average Bonchev–Trinajstić information content (AvgIpc) is 2.55. The number of esters is 1. The highest BCUT2D eigenvalue weighted by molar-refractivity contribution is 5.89. The van der Waals surface area contributed by atoms with Crippen molar-refractivity contribution < 1.29 is 39.5 Å². The maximum atomic E-state index is 12.1. The predicted molar refractivity (Wildman–Crippen MR) is 86.1 cm³/mol. The number of rotatable bonds is 11. The van der Waals surface area contributed by atoms with Crippen LogP contribution < -0.4 is 11.1 Å². The lowest BCUT2D eigenvalue weighted by atomic mass is 10.0. The minimum absolute atomic E-state index is 0.0359. The van der Waals surface area contributed by atoms with Crippen molar-refractivity contribution in [2.75, 3.05) is 13.2 Å². The van der Waals surface area contributed by atoms with Crippen molar-refractivity contribution in [1.82, 2.24) is 5.32 Å². The molecule has 1 amide bonds. The maximum absolute atomic E-state index is 12.1. The Morgan fingerprint density at radius 1 is 1.12 bits per heavy atom. The third-order valence-corrected chi connectivity index (χ3v) is 3.31. The van der Waals surface area contributed by atoms with Crippen molar-refractivity contribution in [2.45, 2.75) is 57.6 Å². The Morgan fingerprint density at radius 2 is 1.68 bits per heavy atom. The number of nitrogens with one attached hydrogen (secondary N) is 1. The van der Waals surface area contributed by atoms with Crippen LogP contribution in [0.3, 0.4) is 0 Å². The molecular formula is C15H28N2O8. The molecule has 0 saturated heterocycles. The van der Waals surface area contributed by atoms with Crippen LogP contribution in [0.1, 0.15) is 27.2 Å². The third-order valence-electron chi connectivity index (χ3n) is 3.31. The summed E-state index contributed by atoms with van der Waals surface area (Å²) in [5.41, 5.74) is 5.43. The standard InChI is InChI=1S/C15H28N2O8/c1-7(2)4-9(17-14(23)8(3)16)15(24)25-6-11(20)13(22)12(21)10(19)5-18/h7-10,12-13,18-19,21-22H,4-6,16H2,1-3H3,(H,17,23)/t8-,9-,10+,12+,13+/m0/s1. The van der Waals surface area contributed by atoms with Gasteiger partial charge >= 0.3 is 5.97 Å². The van der Waals surface area contributed by atoms with Crippen molar-refractivity contribution in [3.8, 4) is 0 Å². The summed E-state index contributed by atoms with van der Waals surface area (Å²) < 4.78 is 4.77. The van der Waals surface area contributed by atoms with Crippen LogP contribution >= 0.6 is 0 Å². The summed E-state index contributed by atoms with van der Waals surface area (Å²) in [7, 11) is 0. The number of aliphatic hydroxyl groups is 4. The molecule has 0 aromatic carbocycles. The molecule has 0 aliphatic rings. The van der Waals surface area contributed by atoms with E-state index in [1.54, 1.807) is 0 Å². The Kier molecular flexibility index (Phi) is 10.4. The highest BCUT2D eigenvalue weighted by Crippen LogP contribution is 2.08. The van der Waals surface area contributed by atoms with Gasteiger partial charge in [0.05, 0.1) is 12.6 Å². The van der Waals surface area contributed by atoms with Crippen LogP contribution in [0.25, 0.3) is 0 Å². The van der Waals surface area contributed by atoms with Crippen molar-refractivity contribution in [1.29, 1.82) is 0 Å². The molecule has 0 bridgehead atoms. The fourth-order valence-corrected chi connectivity index (χ4v) is 1.83. The molecule has 5 atom stereocenters. The predicted octanol–water partition coefficient (Wildman–Crippen LogP) is -2.95. The van der Waals surface area contributed by atoms with Gasteiger partial charge in [0, 0.05) is 0 Å². The quantitative estimate of drug-likeness (QED) is 0.209.